The van der Waals surface area contributed by atoms with Crippen LogP contribution >= 0.6 is 0 Å². The van der Waals surface area contributed by atoms with E-state index < -0.39 is 0 Å². The lowest BCUT2D eigenvalue weighted by atomic mass is 9.97. The second-order valence-corrected chi connectivity index (χ2v) is 12.8. The Labute approximate surface area is 310 Å². The summed E-state index contributed by atoms with van der Waals surface area (Å²) in [6.45, 7) is 0. The molecule has 0 atom stereocenters. The predicted octanol–water partition coefficient (Wildman–Crippen LogP) is 11.2. The van der Waals surface area contributed by atoms with Crippen molar-refractivity contribution in [1.29, 1.82) is 10.5 Å². The number of fused-ring (bicyclic) bond motifs is 3. The van der Waals surface area contributed by atoms with E-state index >= 15 is 4.39 Å². The van der Waals surface area contributed by atoms with E-state index in [-0.39, 0.29) is 5.82 Å². The fourth-order valence-corrected chi connectivity index (χ4v) is 7.05. The molecule has 0 unspecified atom stereocenters. The molecule has 0 radical (unpaired) electrons. The summed E-state index contributed by atoms with van der Waals surface area (Å²) < 4.78 is 17.6. The van der Waals surface area contributed by atoms with E-state index in [0.717, 1.165) is 49.7 Å². The molecule has 2 aromatic heterocycles. The molecule has 0 fully saturated rings. The van der Waals surface area contributed by atoms with Crippen LogP contribution in [0.1, 0.15) is 11.1 Å². The third-order valence-electron chi connectivity index (χ3n) is 9.62. The summed E-state index contributed by atoms with van der Waals surface area (Å²) in [7, 11) is 0. The van der Waals surface area contributed by atoms with Crippen LogP contribution in [0.15, 0.2) is 164 Å². The van der Waals surface area contributed by atoms with Gasteiger partial charge in [0.1, 0.15) is 5.82 Å². The van der Waals surface area contributed by atoms with Crippen LogP contribution in [0.5, 0.6) is 0 Å². The minimum Gasteiger partial charge on any atom is -0.308 e. The lowest BCUT2D eigenvalue weighted by molar-refractivity contribution is 0.631. The SMILES string of the molecule is N#Cc1ccc(-c2ccc3c4ccccc4n(-c4cc(-c5ccccc5F)ccc4-c4nc(-c5ccccc5)nc(-c5ccccc5)n4)c3c2)c(C#N)c1. The number of benzene rings is 7. The Morgan fingerprint density at radius 3 is 1.74 bits per heavy atom. The summed E-state index contributed by atoms with van der Waals surface area (Å²) in [5.74, 6) is 1.18. The van der Waals surface area contributed by atoms with Gasteiger partial charge in [-0.3, -0.25) is 0 Å². The number of nitriles is 2. The Morgan fingerprint density at radius 2 is 1.04 bits per heavy atom. The van der Waals surface area contributed by atoms with Crippen LogP contribution in [-0.4, -0.2) is 19.5 Å². The minimum atomic E-state index is -0.330. The van der Waals surface area contributed by atoms with Crippen molar-refractivity contribution in [2.45, 2.75) is 0 Å². The Bertz CT molecular complexity index is 2920. The van der Waals surface area contributed by atoms with Gasteiger partial charge >= 0.3 is 0 Å². The van der Waals surface area contributed by atoms with E-state index in [2.05, 4.69) is 41.0 Å². The monoisotopic (exact) mass is 694 g/mol. The molecule has 7 aromatic carbocycles. The van der Waals surface area contributed by atoms with E-state index in [4.69, 9.17) is 15.0 Å². The summed E-state index contributed by atoms with van der Waals surface area (Å²) in [4.78, 5) is 15.1. The standard InChI is InChI=1S/C47H27FN6/c48-41-17-9-7-15-37(41)34-21-24-40(47-52-45(31-11-3-1-4-12-31)51-46(53-47)32-13-5-2-6-14-32)44(27-34)54-42-18-10-8-16-38(42)39-23-20-33(26-43(39)54)36-22-19-30(28-49)25-35(36)29-50/h1-27H. The normalized spacial score (nSPS) is 11.0. The molecule has 0 amide bonds. The van der Waals surface area contributed by atoms with Crippen molar-refractivity contribution in [2.24, 2.45) is 0 Å². The smallest absolute Gasteiger partial charge is 0.166 e. The number of rotatable bonds is 6. The molecule has 7 heteroatoms. The highest BCUT2D eigenvalue weighted by atomic mass is 19.1. The molecule has 0 aliphatic carbocycles. The molecule has 9 aromatic rings. The molecule has 252 valence electrons. The molecular formula is C47H27FN6. The lowest BCUT2D eigenvalue weighted by Crippen LogP contribution is -2.04. The molecule has 9 rings (SSSR count). The van der Waals surface area contributed by atoms with Crippen molar-refractivity contribution >= 4 is 21.8 Å². The Morgan fingerprint density at radius 1 is 0.444 bits per heavy atom. The van der Waals surface area contributed by atoms with Gasteiger partial charge in [-0.2, -0.15) is 10.5 Å². The van der Waals surface area contributed by atoms with E-state index in [1.54, 1.807) is 24.3 Å². The van der Waals surface area contributed by atoms with E-state index in [1.807, 2.05) is 109 Å². The van der Waals surface area contributed by atoms with Crippen LogP contribution in [0.25, 0.3) is 83.9 Å². The first-order valence-electron chi connectivity index (χ1n) is 17.3. The maximum absolute atomic E-state index is 15.4. The minimum absolute atomic E-state index is 0.330. The first-order valence-corrected chi connectivity index (χ1v) is 17.3. The molecule has 0 aliphatic heterocycles. The quantitative estimate of drug-likeness (QED) is 0.173. The maximum atomic E-state index is 15.4. The van der Waals surface area contributed by atoms with Gasteiger partial charge < -0.3 is 4.57 Å². The summed E-state index contributed by atoms with van der Waals surface area (Å²) in [6, 6.07) is 56.1. The van der Waals surface area contributed by atoms with Gasteiger partial charge in [0, 0.05) is 33.0 Å². The first-order chi connectivity index (χ1) is 26.6. The fourth-order valence-electron chi connectivity index (χ4n) is 7.05. The molecular weight excluding hydrogens is 668 g/mol. The number of para-hydroxylation sites is 1. The fraction of sp³-hybridized carbons (Fsp3) is 0. The van der Waals surface area contributed by atoms with Crippen molar-refractivity contribution in [1.82, 2.24) is 19.5 Å². The van der Waals surface area contributed by atoms with Crippen molar-refractivity contribution in [3.8, 4) is 74.2 Å². The number of hydrogen-bond acceptors (Lipinski definition) is 5. The van der Waals surface area contributed by atoms with E-state index in [9.17, 15) is 10.5 Å². The molecule has 0 aliphatic rings. The van der Waals surface area contributed by atoms with Crippen molar-refractivity contribution in [3.63, 3.8) is 0 Å². The summed E-state index contributed by atoms with van der Waals surface area (Å²) >= 11 is 0. The lowest BCUT2D eigenvalue weighted by Gasteiger charge is -2.17. The first kappa shape index (κ1) is 32.2. The van der Waals surface area contributed by atoms with Crippen LogP contribution in [0, 0.1) is 28.5 Å². The molecule has 6 nitrogen and oxygen atoms in total. The van der Waals surface area contributed by atoms with Crippen molar-refractivity contribution in [3.05, 3.63) is 181 Å². The van der Waals surface area contributed by atoms with Gasteiger partial charge in [0.15, 0.2) is 17.5 Å². The van der Waals surface area contributed by atoms with Gasteiger partial charge in [0.05, 0.1) is 40.0 Å². The number of halogens is 1. The van der Waals surface area contributed by atoms with Crippen LogP contribution in [-0.2, 0) is 0 Å². The van der Waals surface area contributed by atoms with Gasteiger partial charge in [0.25, 0.3) is 0 Å². The number of hydrogen-bond donors (Lipinski definition) is 0. The zero-order chi connectivity index (χ0) is 36.6. The molecule has 0 N–H and O–H groups in total. The Kier molecular flexibility index (Phi) is 8.00. The highest BCUT2D eigenvalue weighted by Crippen LogP contribution is 2.40. The van der Waals surface area contributed by atoms with Crippen LogP contribution in [0.2, 0.25) is 0 Å². The van der Waals surface area contributed by atoms with Gasteiger partial charge in [-0.25, -0.2) is 19.3 Å². The van der Waals surface area contributed by atoms with E-state index in [0.29, 0.717) is 45.3 Å². The van der Waals surface area contributed by atoms with Crippen LogP contribution < -0.4 is 0 Å². The molecule has 0 saturated heterocycles. The average Bonchev–Trinajstić information content (AvgIpc) is 3.57. The molecule has 54 heavy (non-hydrogen) atoms. The second-order valence-electron chi connectivity index (χ2n) is 12.8. The molecule has 0 bridgehead atoms. The van der Waals surface area contributed by atoms with Crippen LogP contribution in [0.3, 0.4) is 0 Å². The highest BCUT2D eigenvalue weighted by Gasteiger charge is 2.21. The molecule has 0 spiro atoms. The molecule has 0 saturated carbocycles. The van der Waals surface area contributed by atoms with Gasteiger partial charge in [-0.1, -0.05) is 121 Å². The van der Waals surface area contributed by atoms with E-state index in [1.165, 1.54) is 6.07 Å². The second kappa shape index (κ2) is 13.4. The van der Waals surface area contributed by atoms with Gasteiger partial charge in [-0.15, -0.1) is 0 Å². The highest BCUT2D eigenvalue weighted by molar-refractivity contribution is 6.11. The number of aromatic nitrogens is 4. The Hall–Kier alpha value is -7.74. The average molecular weight is 695 g/mol. The third-order valence-corrected chi connectivity index (χ3v) is 9.62. The van der Waals surface area contributed by atoms with Crippen LogP contribution in [0.4, 0.5) is 4.39 Å². The third kappa shape index (κ3) is 5.63. The predicted molar refractivity (Wildman–Crippen MR) is 211 cm³/mol. The summed E-state index contributed by atoms with van der Waals surface area (Å²) in [5.41, 5.74) is 8.46. The van der Waals surface area contributed by atoms with Crippen molar-refractivity contribution in [2.75, 3.05) is 0 Å². The van der Waals surface area contributed by atoms with Gasteiger partial charge in [-0.05, 0) is 59.2 Å². The zero-order valence-corrected chi connectivity index (χ0v) is 28.6. The zero-order valence-electron chi connectivity index (χ0n) is 28.6. The number of nitrogens with zero attached hydrogens (tertiary/aromatic N) is 6. The Balaban J connectivity index is 1.37. The summed E-state index contributed by atoms with van der Waals surface area (Å²) in [5, 5.41) is 21.6. The largest absolute Gasteiger partial charge is 0.308 e. The maximum Gasteiger partial charge on any atom is 0.166 e. The summed E-state index contributed by atoms with van der Waals surface area (Å²) in [6.07, 6.45) is 0. The van der Waals surface area contributed by atoms with Gasteiger partial charge in [0.2, 0.25) is 0 Å². The topological polar surface area (TPSA) is 91.2 Å². The molecule has 2 heterocycles. The van der Waals surface area contributed by atoms with Crippen molar-refractivity contribution < 1.29 is 4.39 Å².